The minimum Gasteiger partial charge on any atom is -0.355 e. The van der Waals surface area contributed by atoms with Gasteiger partial charge in [-0.3, -0.25) is 21.0 Å². The molecule has 0 aliphatic carbocycles. The highest BCUT2D eigenvalue weighted by atomic mass is 16.1. The van der Waals surface area contributed by atoms with Crippen LogP contribution in [-0.2, 0) is 6.54 Å². The molecular weight excluding hydrogens is 362 g/mol. The molecule has 2 heterocycles. The van der Waals surface area contributed by atoms with Crippen molar-refractivity contribution in [2.45, 2.75) is 6.54 Å². The van der Waals surface area contributed by atoms with Crippen LogP contribution in [0.25, 0.3) is 33.3 Å². The van der Waals surface area contributed by atoms with Crippen molar-refractivity contribution in [3.8, 4) is 22.4 Å². The quantitative estimate of drug-likeness (QED) is 0.363. The van der Waals surface area contributed by atoms with E-state index in [1.54, 1.807) is 13.2 Å². The number of rotatable bonds is 5. The van der Waals surface area contributed by atoms with Crippen LogP contribution in [0.4, 0.5) is 0 Å². The second-order valence-corrected chi connectivity index (χ2v) is 6.67. The summed E-state index contributed by atoms with van der Waals surface area (Å²) in [6, 6.07) is 19.7. The van der Waals surface area contributed by atoms with Crippen molar-refractivity contribution in [3.05, 3.63) is 84.2 Å². The van der Waals surface area contributed by atoms with Crippen molar-refractivity contribution < 1.29 is 4.79 Å². The fourth-order valence-electron chi connectivity index (χ4n) is 3.33. The number of hydrogen-bond acceptors (Lipinski definition) is 5. The maximum absolute atomic E-state index is 11.7. The summed E-state index contributed by atoms with van der Waals surface area (Å²) < 4.78 is 0. The van der Waals surface area contributed by atoms with Gasteiger partial charge in [0.15, 0.2) is 0 Å². The zero-order valence-corrected chi connectivity index (χ0v) is 16.0. The summed E-state index contributed by atoms with van der Waals surface area (Å²) in [6.45, 7) is 0.535. The van der Waals surface area contributed by atoms with Crippen molar-refractivity contribution in [1.82, 2.24) is 20.7 Å². The lowest BCUT2D eigenvalue weighted by molar-refractivity contribution is 0.0963. The topological polar surface area (TPSA) is 92.9 Å². The van der Waals surface area contributed by atoms with Crippen molar-refractivity contribution >= 4 is 16.8 Å². The molecule has 0 fully saturated rings. The van der Waals surface area contributed by atoms with Gasteiger partial charge in [-0.1, -0.05) is 36.4 Å². The van der Waals surface area contributed by atoms with Crippen LogP contribution in [0.15, 0.2) is 73.1 Å². The van der Waals surface area contributed by atoms with Gasteiger partial charge >= 0.3 is 0 Å². The van der Waals surface area contributed by atoms with Gasteiger partial charge in [-0.05, 0) is 41.0 Å². The largest absolute Gasteiger partial charge is 0.355 e. The van der Waals surface area contributed by atoms with E-state index in [0.29, 0.717) is 12.1 Å². The Labute approximate surface area is 168 Å². The van der Waals surface area contributed by atoms with Crippen molar-refractivity contribution in [3.63, 3.8) is 0 Å². The highest BCUT2D eigenvalue weighted by molar-refractivity contribution is 5.94. The lowest BCUT2D eigenvalue weighted by Crippen LogP contribution is -2.21. The number of hydrazine groups is 1. The maximum atomic E-state index is 11.7. The van der Waals surface area contributed by atoms with Crippen LogP contribution in [0.3, 0.4) is 0 Å². The van der Waals surface area contributed by atoms with Crippen LogP contribution in [0, 0.1) is 0 Å². The zero-order valence-electron chi connectivity index (χ0n) is 16.0. The summed E-state index contributed by atoms with van der Waals surface area (Å²) in [7, 11) is 1.63. The van der Waals surface area contributed by atoms with Crippen LogP contribution in [0.2, 0.25) is 0 Å². The SMILES string of the molecule is CNC(=O)c1ccc(-c2ccc(-c3cc(CNN)c4cnccc4n3)cc2)cc1. The first kappa shape index (κ1) is 18.7. The number of carbonyl (C=O) groups is 1. The van der Waals surface area contributed by atoms with Gasteiger partial charge in [0, 0.05) is 42.5 Å². The summed E-state index contributed by atoms with van der Waals surface area (Å²) in [5.74, 6) is 5.46. The molecule has 144 valence electrons. The molecule has 0 radical (unpaired) electrons. The smallest absolute Gasteiger partial charge is 0.251 e. The van der Waals surface area contributed by atoms with E-state index < -0.39 is 0 Å². The van der Waals surface area contributed by atoms with E-state index >= 15 is 0 Å². The molecule has 4 aromatic rings. The Morgan fingerprint density at radius 2 is 1.62 bits per heavy atom. The molecule has 2 aromatic carbocycles. The normalized spacial score (nSPS) is 10.8. The standard InChI is InChI=1S/C23H21N5O/c1-25-23(29)18-8-4-16(5-9-18)15-2-6-17(7-3-15)22-12-19(13-27-24)20-14-26-11-10-21(20)28-22/h2-12,14,27H,13,24H2,1H3,(H,25,29). The monoisotopic (exact) mass is 383 g/mol. The molecular formula is C23H21N5O. The Kier molecular flexibility index (Phi) is 5.29. The van der Waals surface area contributed by atoms with E-state index in [2.05, 4.69) is 40.0 Å². The minimum atomic E-state index is -0.0905. The second kappa shape index (κ2) is 8.18. The number of carbonyl (C=O) groups excluding carboxylic acids is 1. The maximum Gasteiger partial charge on any atom is 0.251 e. The third kappa shape index (κ3) is 3.85. The molecule has 1 amide bonds. The number of nitrogens with one attached hydrogen (secondary N) is 2. The van der Waals surface area contributed by atoms with Gasteiger partial charge in [0.2, 0.25) is 0 Å². The van der Waals surface area contributed by atoms with E-state index in [0.717, 1.165) is 38.9 Å². The Balaban J connectivity index is 1.66. The molecule has 4 N–H and O–H groups in total. The van der Waals surface area contributed by atoms with Crippen LogP contribution < -0.4 is 16.6 Å². The van der Waals surface area contributed by atoms with E-state index in [9.17, 15) is 4.79 Å². The molecule has 2 aromatic heterocycles. The number of pyridine rings is 2. The van der Waals surface area contributed by atoms with Crippen LogP contribution in [0.1, 0.15) is 15.9 Å². The average Bonchev–Trinajstić information content (AvgIpc) is 2.79. The van der Waals surface area contributed by atoms with Crippen LogP contribution in [0.5, 0.6) is 0 Å². The van der Waals surface area contributed by atoms with Crippen molar-refractivity contribution in [1.29, 1.82) is 0 Å². The lowest BCUT2D eigenvalue weighted by Gasteiger charge is -2.10. The molecule has 29 heavy (non-hydrogen) atoms. The molecule has 0 saturated carbocycles. The van der Waals surface area contributed by atoms with Gasteiger partial charge in [-0.25, -0.2) is 4.98 Å². The lowest BCUT2D eigenvalue weighted by atomic mass is 10.00. The molecule has 6 heteroatoms. The predicted molar refractivity (Wildman–Crippen MR) is 115 cm³/mol. The number of benzene rings is 2. The van der Waals surface area contributed by atoms with E-state index in [4.69, 9.17) is 10.8 Å². The molecule has 6 nitrogen and oxygen atoms in total. The summed E-state index contributed by atoms with van der Waals surface area (Å²) >= 11 is 0. The van der Waals surface area contributed by atoms with Gasteiger partial charge in [-0.2, -0.15) is 0 Å². The van der Waals surface area contributed by atoms with Gasteiger partial charge in [0.05, 0.1) is 11.2 Å². The molecule has 0 spiro atoms. The van der Waals surface area contributed by atoms with Crippen molar-refractivity contribution in [2.75, 3.05) is 7.05 Å². The van der Waals surface area contributed by atoms with E-state index in [1.165, 1.54) is 0 Å². The number of hydrogen-bond donors (Lipinski definition) is 3. The number of nitrogens with zero attached hydrogens (tertiary/aromatic N) is 2. The third-order valence-corrected chi connectivity index (χ3v) is 4.88. The van der Waals surface area contributed by atoms with Crippen LogP contribution >= 0.6 is 0 Å². The molecule has 0 aliphatic rings. The average molecular weight is 383 g/mol. The fraction of sp³-hybridized carbons (Fsp3) is 0.0870. The first-order valence-corrected chi connectivity index (χ1v) is 9.29. The zero-order chi connectivity index (χ0) is 20.2. The summed E-state index contributed by atoms with van der Waals surface area (Å²) in [6.07, 6.45) is 3.55. The van der Waals surface area contributed by atoms with Crippen molar-refractivity contribution in [2.24, 2.45) is 5.84 Å². The number of aromatic nitrogens is 2. The highest BCUT2D eigenvalue weighted by Gasteiger charge is 2.09. The van der Waals surface area contributed by atoms with Gasteiger partial charge < -0.3 is 5.32 Å². The molecule has 0 unspecified atom stereocenters. The number of fused-ring (bicyclic) bond motifs is 1. The Bertz CT molecular complexity index is 1150. The van der Waals surface area contributed by atoms with E-state index in [-0.39, 0.29) is 5.91 Å². The molecule has 0 aliphatic heterocycles. The molecule has 0 atom stereocenters. The second-order valence-electron chi connectivity index (χ2n) is 6.67. The first-order valence-electron chi connectivity index (χ1n) is 9.29. The van der Waals surface area contributed by atoms with Gasteiger partial charge in [0.1, 0.15) is 0 Å². The number of nitrogens with two attached hydrogens (primary N) is 1. The van der Waals surface area contributed by atoms with Gasteiger partial charge in [-0.15, -0.1) is 0 Å². The van der Waals surface area contributed by atoms with E-state index in [1.807, 2.05) is 42.6 Å². The number of amides is 1. The summed E-state index contributed by atoms with van der Waals surface area (Å²) in [5, 5.41) is 3.62. The fourth-order valence-corrected chi connectivity index (χ4v) is 3.33. The predicted octanol–water partition coefficient (Wildman–Crippen LogP) is 3.29. The Morgan fingerprint density at radius 1 is 0.966 bits per heavy atom. The Hall–Kier alpha value is -3.61. The molecule has 0 saturated heterocycles. The minimum absolute atomic E-state index is 0.0905. The first-order chi connectivity index (χ1) is 14.2. The molecule has 4 rings (SSSR count). The van der Waals surface area contributed by atoms with Crippen LogP contribution in [-0.4, -0.2) is 22.9 Å². The highest BCUT2D eigenvalue weighted by Crippen LogP contribution is 2.27. The summed E-state index contributed by atoms with van der Waals surface area (Å²) in [4.78, 5) is 20.7. The van der Waals surface area contributed by atoms with Gasteiger partial charge in [0.25, 0.3) is 5.91 Å². The molecule has 0 bridgehead atoms. The summed E-state index contributed by atoms with van der Waals surface area (Å²) in [5.41, 5.74) is 9.33. The Morgan fingerprint density at radius 3 is 2.28 bits per heavy atom. The third-order valence-electron chi connectivity index (χ3n) is 4.88.